The van der Waals surface area contributed by atoms with Gasteiger partial charge in [-0.05, 0) is 47.7 Å². The van der Waals surface area contributed by atoms with Crippen molar-refractivity contribution in [2.45, 2.75) is 27.2 Å². The quantitative estimate of drug-likeness (QED) is 0.522. The Kier molecular flexibility index (Phi) is 6.48. The van der Waals surface area contributed by atoms with E-state index >= 15 is 0 Å². The van der Waals surface area contributed by atoms with Gasteiger partial charge >= 0.3 is 11.9 Å². The summed E-state index contributed by atoms with van der Waals surface area (Å²) in [7, 11) is 0. The number of carboxylic acids is 2. The number of hydrogen-bond acceptors (Lipinski definition) is 6. The van der Waals surface area contributed by atoms with Crippen LogP contribution in [0.25, 0.3) is 0 Å². The normalized spacial score (nSPS) is 11.1. The van der Waals surface area contributed by atoms with Crippen LogP contribution < -0.4 is 0 Å². The van der Waals surface area contributed by atoms with Crippen molar-refractivity contribution in [2.24, 2.45) is 5.41 Å². The van der Waals surface area contributed by atoms with Gasteiger partial charge in [0, 0.05) is 29.1 Å². The molecule has 3 rings (SSSR count). The summed E-state index contributed by atoms with van der Waals surface area (Å²) < 4.78 is 0. The van der Waals surface area contributed by atoms with Crippen molar-refractivity contribution in [1.29, 1.82) is 0 Å². The highest BCUT2D eigenvalue weighted by Crippen LogP contribution is 2.27. The average molecular weight is 446 g/mol. The summed E-state index contributed by atoms with van der Waals surface area (Å²) in [5.41, 5.74) is 0.241. The molecule has 1 aromatic carbocycles. The predicted octanol–water partition coefficient (Wildman–Crippen LogP) is 3.92. The van der Waals surface area contributed by atoms with Crippen molar-refractivity contribution in [2.75, 3.05) is 0 Å². The summed E-state index contributed by atoms with van der Waals surface area (Å²) in [6, 6.07) is 10.1. The Hall–Kier alpha value is -4.20. The van der Waals surface area contributed by atoms with Crippen LogP contribution in [0.4, 0.5) is 0 Å². The molecule has 0 atom stereocenters. The van der Waals surface area contributed by atoms with E-state index < -0.39 is 23.5 Å². The molecule has 0 saturated heterocycles. The first-order valence-electron chi connectivity index (χ1n) is 10.1. The van der Waals surface area contributed by atoms with E-state index in [2.05, 4.69) is 9.97 Å². The molecule has 8 nitrogen and oxygen atoms in total. The Morgan fingerprint density at radius 2 is 1.45 bits per heavy atom. The topological polar surface area (TPSA) is 135 Å². The largest absolute Gasteiger partial charge is 0.477 e. The number of carbonyl (C=O) groups is 4. The lowest BCUT2D eigenvalue weighted by molar-refractivity contribution is 0.0678. The van der Waals surface area contributed by atoms with E-state index in [1.54, 1.807) is 12.1 Å². The Balaban J connectivity index is 2.13. The van der Waals surface area contributed by atoms with Crippen molar-refractivity contribution in [1.82, 2.24) is 9.97 Å². The molecule has 0 aliphatic rings. The fourth-order valence-corrected chi connectivity index (χ4v) is 3.41. The van der Waals surface area contributed by atoms with Crippen molar-refractivity contribution >= 4 is 23.5 Å². The van der Waals surface area contributed by atoms with Gasteiger partial charge < -0.3 is 10.2 Å². The number of nitrogens with zero attached hydrogens (tertiary/aromatic N) is 2. The smallest absolute Gasteiger partial charge is 0.355 e. The SMILES string of the molecule is CC(C)(C)Cc1ccc(C(=O)c2cccnc2C(=O)O)cc1C(=O)c1ccnc(C(=O)O)c1. The Bertz CT molecular complexity index is 1270. The summed E-state index contributed by atoms with van der Waals surface area (Å²) in [5, 5.41) is 18.6. The van der Waals surface area contributed by atoms with Crippen molar-refractivity contribution in [3.05, 3.63) is 94.1 Å². The van der Waals surface area contributed by atoms with E-state index in [0.717, 1.165) is 0 Å². The number of aromatic carboxylic acids is 2. The third-order valence-corrected chi connectivity index (χ3v) is 4.83. The molecular formula is C25H22N2O6. The van der Waals surface area contributed by atoms with Gasteiger partial charge in [0.15, 0.2) is 17.3 Å². The lowest BCUT2D eigenvalue weighted by atomic mass is 9.83. The minimum absolute atomic E-state index is 0.0935. The highest BCUT2D eigenvalue weighted by atomic mass is 16.4. The molecule has 2 heterocycles. The van der Waals surface area contributed by atoms with Crippen LogP contribution in [-0.4, -0.2) is 43.7 Å². The highest BCUT2D eigenvalue weighted by molar-refractivity contribution is 6.16. The number of benzene rings is 1. The molecule has 0 fully saturated rings. The number of ketones is 2. The lowest BCUT2D eigenvalue weighted by Gasteiger charge is -2.21. The molecule has 168 valence electrons. The van der Waals surface area contributed by atoms with E-state index in [9.17, 15) is 29.4 Å². The number of carbonyl (C=O) groups excluding carboxylic acids is 2. The molecular weight excluding hydrogens is 424 g/mol. The molecule has 2 N–H and O–H groups in total. The van der Waals surface area contributed by atoms with Crippen molar-refractivity contribution < 1.29 is 29.4 Å². The van der Waals surface area contributed by atoms with Gasteiger partial charge in [0.25, 0.3) is 0 Å². The van der Waals surface area contributed by atoms with E-state index in [-0.39, 0.29) is 39.1 Å². The molecule has 0 bridgehead atoms. The van der Waals surface area contributed by atoms with E-state index in [4.69, 9.17) is 0 Å². The molecule has 2 aromatic heterocycles. The summed E-state index contributed by atoms with van der Waals surface area (Å²) in [4.78, 5) is 56.8. The van der Waals surface area contributed by atoms with Gasteiger partial charge in [-0.3, -0.25) is 9.59 Å². The fourth-order valence-electron chi connectivity index (χ4n) is 3.41. The van der Waals surface area contributed by atoms with E-state index in [0.29, 0.717) is 12.0 Å². The van der Waals surface area contributed by atoms with Crippen molar-refractivity contribution in [3.8, 4) is 0 Å². The maximum Gasteiger partial charge on any atom is 0.355 e. The van der Waals surface area contributed by atoms with E-state index in [1.807, 2.05) is 20.8 Å². The zero-order valence-electron chi connectivity index (χ0n) is 18.3. The van der Waals surface area contributed by atoms with E-state index in [1.165, 1.54) is 42.7 Å². The number of pyridine rings is 2. The summed E-state index contributed by atoms with van der Waals surface area (Å²) >= 11 is 0. The second kappa shape index (κ2) is 9.12. The van der Waals surface area contributed by atoms with Crippen LogP contribution in [0.2, 0.25) is 0 Å². The number of rotatable bonds is 7. The first-order chi connectivity index (χ1) is 15.5. The molecule has 8 heteroatoms. The second-order valence-electron chi connectivity index (χ2n) is 8.71. The van der Waals surface area contributed by atoms with Crippen LogP contribution in [0.3, 0.4) is 0 Å². The summed E-state index contributed by atoms with van der Waals surface area (Å²) in [6.45, 7) is 6.01. The average Bonchev–Trinajstić information content (AvgIpc) is 2.77. The standard InChI is InChI=1S/C25H22N2O6/c1-25(2,3)13-16-7-6-14(21(28)17-5-4-9-27-20(17)24(32)33)11-18(16)22(29)15-8-10-26-19(12-15)23(30)31/h4-12H,13H2,1-3H3,(H,30,31)(H,32,33). The minimum atomic E-state index is -1.34. The minimum Gasteiger partial charge on any atom is -0.477 e. The number of hydrogen-bond donors (Lipinski definition) is 2. The maximum absolute atomic E-state index is 13.4. The molecule has 0 spiro atoms. The Morgan fingerprint density at radius 3 is 2.09 bits per heavy atom. The van der Waals surface area contributed by atoms with Crippen LogP contribution in [0, 0.1) is 5.41 Å². The van der Waals surface area contributed by atoms with Crippen LogP contribution in [0.5, 0.6) is 0 Å². The molecule has 0 amide bonds. The van der Waals surface area contributed by atoms with Gasteiger partial charge in [0.2, 0.25) is 0 Å². The van der Waals surface area contributed by atoms with Crippen LogP contribution in [0.15, 0.2) is 54.9 Å². The van der Waals surface area contributed by atoms with Crippen molar-refractivity contribution in [3.63, 3.8) is 0 Å². The maximum atomic E-state index is 13.4. The zero-order valence-corrected chi connectivity index (χ0v) is 18.3. The molecule has 0 saturated carbocycles. The second-order valence-corrected chi connectivity index (χ2v) is 8.71. The van der Waals surface area contributed by atoms with Gasteiger partial charge in [0.1, 0.15) is 5.69 Å². The molecule has 0 aliphatic heterocycles. The monoisotopic (exact) mass is 446 g/mol. The van der Waals surface area contributed by atoms with Crippen LogP contribution in [0.1, 0.15) is 79.2 Å². The van der Waals surface area contributed by atoms with Crippen LogP contribution in [-0.2, 0) is 6.42 Å². The van der Waals surface area contributed by atoms with Gasteiger partial charge in [-0.15, -0.1) is 0 Å². The first kappa shape index (κ1) is 23.5. The Morgan fingerprint density at radius 1 is 0.788 bits per heavy atom. The lowest BCUT2D eigenvalue weighted by Crippen LogP contribution is -2.16. The third-order valence-electron chi connectivity index (χ3n) is 4.83. The molecule has 3 aromatic rings. The predicted molar refractivity (Wildman–Crippen MR) is 119 cm³/mol. The molecule has 33 heavy (non-hydrogen) atoms. The summed E-state index contributed by atoms with van der Waals surface area (Å²) in [6.07, 6.45) is 3.04. The van der Waals surface area contributed by atoms with Gasteiger partial charge in [0.05, 0.1) is 5.56 Å². The number of carboxylic acid groups (broad SMARTS) is 2. The van der Waals surface area contributed by atoms with Gasteiger partial charge in [-0.25, -0.2) is 19.6 Å². The molecule has 0 aliphatic carbocycles. The van der Waals surface area contributed by atoms with Gasteiger partial charge in [-0.1, -0.05) is 32.9 Å². The first-order valence-corrected chi connectivity index (χ1v) is 10.1. The number of aromatic nitrogens is 2. The fraction of sp³-hybridized carbons (Fsp3) is 0.200. The Labute approximate surface area is 190 Å². The third kappa shape index (κ3) is 5.35. The zero-order chi connectivity index (χ0) is 24.3. The highest BCUT2D eigenvalue weighted by Gasteiger charge is 2.24. The van der Waals surface area contributed by atoms with Gasteiger partial charge in [-0.2, -0.15) is 0 Å². The van der Waals surface area contributed by atoms with Crippen LogP contribution >= 0.6 is 0 Å². The molecule has 0 unspecified atom stereocenters. The molecule has 0 radical (unpaired) electrons. The summed E-state index contributed by atoms with van der Waals surface area (Å²) in [5.74, 6) is -3.64.